The molecular formula is C14H22BO3P. The zero-order chi connectivity index (χ0) is 14.5. The molecule has 1 aliphatic heterocycles. The first kappa shape index (κ1) is 14.8. The van der Waals surface area contributed by atoms with Crippen LogP contribution in [0.3, 0.4) is 0 Å². The molecule has 0 unspecified atom stereocenters. The molecule has 1 aliphatic rings. The van der Waals surface area contributed by atoms with E-state index in [9.17, 15) is 4.57 Å². The van der Waals surface area contributed by atoms with Gasteiger partial charge in [0.25, 0.3) is 0 Å². The van der Waals surface area contributed by atoms with Crippen molar-refractivity contribution in [3.63, 3.8) is 0 Å². The van der Waals surface area contributed by atoms with Crippen molar-refractivity contribution in [2.45, 2.75) is 38.9 Å². The standard InChI is InChI=1S/C14H22BO3P/c1-13(2)14(3,4)18-15(17-13)11-8-7-9-12(10-11)19(5,6)16/h7-10H,1-6H3. The van der Waals surface area contributed by atoms with Gasteiger partial charge in [0.15, 0.2) is 0 Å². The monoisotopic (exact) mass is 280 g/mol. The average Bonchev–Trinajstić information content (AvgIpc) is 2.47. The molecule has 2 rings (SSSR count). The molecule has 0 spiro atoms. The second kappa shape index (κ2) is 4.48. The molecule has 104 valence electrons. The molecule has 0 N–H and O–H groups in total. The summed E-state index contributed by atoms with van der Waals surface area (Å²) in [5.41, 5.74) is 0.228. The van der Waals surface area contributed by atoms with Crippen molar-refractivity contribution in [3.05, 3.63) is 24.3 Å². The highest BCUT2D eigenvalue weighted by Crippen LogP contribution is 2.37. The molecule has 0 bridgehead atoms. The number of hydrogen-bond acceptors (Lipinski definition) is 3. The van der Waals surface area contributed by atoms with Crippen LogP contribution >= 0.6 is 7.14 Å². The summed E-state index contributed by atoms with van der Waals surface area (Å²) >= 11 is 0. The Bertz CT molecular complexity index is 517. The van der Waals surface area contributed by atoms with Crippen LogP contribution in [0.5, 0.6) is 0 Å². The lowest BCUT2D eigenvalue weighted by molar-refractivity contribution is 0.00578. The fourth-order valence-corrected chi connectivity index (χ4v) is 2.89. The zero-order valence-electron chi connectivity index (χ0n) is 12.6. The van der Waals surface area contributed by atoms with Crippen molar-refractivity contribution in [1.82, 2.24) is 0 Å². The third-order valence-electron chi connectivity index (χ3n) is 4.02. The third kappa shape index (κ3) is 2.81. The Balaban J connectivity index is 2.33. The highest BCUT2D eigenvalue weighted by molar-refractivity contribution is 7.70. The van der Waals surface area contributed by atoms with Crippen molar-refractivity contribution in [2.75, 3.05) is 13.3 Å². The topological polar surface area (TPSA) is 35.5 Å². The molecule has 1 aromatic rings. The smallest absolute Gasteiger partial charge is 0.399 e. The molecular weight excluding hydrogens is 258 g/mol. The largest absolute Gasteiger partial charge is 0.494 e. The molecule has 0 amide bonds. The van der Waals surface area contributed by atoms with Crippen LogP contribution in [0.15, 0.2) is 24.3 Å². The fourth-order valence-electron chi connectivity index (χ4n) is 1.99. The van der Waals surface area contributed by atoms with E-state index in [-0.39, 0.29) is 11.2 Å². The summed E-state index contributed by atoms with van der Waals surface area (Å²) in [5, 5.41) is 0.861. The van der Waals surface area contributed by atoms with E-state index in [0.29, 0.717) is 0 Å². The lowest BCUT2D eigenvalue weighted by Gasteiger charge is -2.32. The van der Waals surface area contributed by atoms with Crippen molar-refractivity contribution >= 4 is 25.0 Å². The summed E-state index contributed by atoms with van der Waals surface area (Å²) < 4.78 is 24.2. The van der Waals surface area contributed by atoms with E-state index in [4.69, 9.17) is 9.31 Å². The van der Waals surface area contributed by atoms with Gasteiger partial charge in [-0.3, -0.25) is 0 Å². The highest BCUT2D eigenvalue weighted by Gasteiger charge is 2.51. The lowest BCUT2D eigenvalue weighted by atomic mass is 9.79. The Morgan fingerprint density at radius 2 is 1.58 bits per heavy atom. The van der Waals surface area contributed by atoms with Gasteiger partial charge in [-0.15, -0.1) is 0 Å². The molecule has 0 aliphatic carbocycles. The molecule has 1 saturated heterocycles. The molecule has 0 radical (unpaired) electrons. The summed E-state index contributed by atoms with van der Waals surface area (Å²) in [6, 6.07) is 7.70. The van der Waals surface area contributed by atoms with Gasteiger partial charge in [0.05, 0.1) is 11.2 Å². The Morgan fingerprint density at radius 1 is 1.05 bits per heavy atom. The Hall–Kier alpha value is -0.565. The van der Waals surface area contributed by atoms with Gasteiger partial charge < -0.3 is 13.9 Å². The highest BCUT2D eigenvalue weighted by atomic mass is 31.2. The SMILES string of the molecule is CC1(C)OB(c2cccc(P(C)(C)=O)c2)OC1(C)C. The van der Waals surface area contributed by atoms with Gasteiger partial charge in [0.2, 0.25) is 0 Å². The van der Waals surface area contributed by atoms with Crippen LogP contribution in [0.1, 0.15) is 27.7 Å². The number of rotatable bonds is 2. The van der Waals surface area contributed by atoms with E-state index in [0.717, 1.165) is 10.8 Å². The predicted molar refractivity (Wildman–Crippen MR) is 81.2 cm³/mol. The summed E-state index contributed by atoms with van der Waals surface area (Å²) in [5.74, 6) is 0. The maximum atomic E-state index is 12.2. The number of benzene rings is 1. The van der Waals surface area contributed by atoms with Crippen LogP contribution in [0.25, 0.3) is 0 Å². The van der Waals surface area contributed by atoms with Gasteiger partial charge in [-0.05, 0) is 46.5 Å². The van der Waals surface area contributed by atoms with Gasteiger partial charge in [-0.2, -0.15) is 0 Å². The second-order valence-corrected chi connectivity index (χ2v) is 9.75. The van der Waals surface area contributed by atoms with Gasteiger partial charge in [-0.1, -0.05) is 24.3 Å². The summed E-state index contributed by atoms with van der Waals surface area (Å²) in [7, 11) is -2.65. The van der Waals surface area contributed by atoms with Gasteiger partial charge in [0.1, 0.15) is 7.14 Å². The predicted octanol–water partition coefficient (Wildman–Crippen LogP) is 2.23. The molecule has 1 aromatic carbocycles. The third-order valence-corrected chi connectivity index (χ3v) is 5.54. The zero-order valence-corrected chi connectivity index (χ0v) is 13.5. The van der Waals surface area contributed by atoms with E-state index in [1.165, 1.54) is 0 Å². The first-order chi connectivity index (χ1) is 8.53. The van der Waals surface area contributed by atoms with Crippen molar-refractivity contribution < 1.29 is 13.9 Å². The van der Waals surface area contributed by atoms with Gasteiger partial charge in [-0.25, -0.2) is 0 Å². The first-order valence-corrected chi connectivity index (χ1v) is 9.14. The van der Waals surface area contributed by atoms with E-state index in [2.05, 4.69) is 0 Å². The maximum Gasteiger partial charge on any atom is 0.494 e. The first-order valence-electron chi connectivity index (χ1n) is 6.54. The average molecular weight is 280 g/mol. The Kier molecular flexibility index (Phi) is 3.50. The Morgan fingerprint density at radius 3 is 2.05 bits per heavy atom. The molecule has 1 heterocycles. The summed E-state index contributed by atoms with van der Waals surface area (Å²) in [4.78, 5) is 0. The van der Waals surface area contributed by atoms with Crippen molar-refractivity contribution in [2.24, 2.45) is 0 Å². The number of hydrogen-bond donors (Lipinski definition) is 0. The Labute approximate surface area is 116 Å². The normalized spacial score (nSPS) is 21.7. The van der Waals surface area contributed by atoms with E-state index >= 15 is 0 Å². The summed E-state index contributed by atoms with van der Waals surface area (Å²) in [6.45, 7) is 11.7. The molecule has 19 heavy (non-hydrogen) atoms. The van der Waals surface area contributed by atoms with E-state index < -0.39 is 14.3 Å². The van der Waals surface area contributed by atoms with Gasteiger partial charge in [0, 0.05) is 5.30 Å². The van der Waals surface area contributed by atoms with E-state index in [1.807, 2.05) is 52.0 Å². The van der Waals surface area contributed by atoms with Crippen LogP contribution in [-0.2, 0) is 13.9 Å². The van der Waals surface area contributed by atoms with Gasteiger partial charge >= 0.3 is 7.12 Å². The minimum absolute atomic E-state index is 0.351. The molecule has 5 heteroatoms. The van der Waals surface area contributed by atoms with Crippen LogP contribution in [0, 0.1) is 0 Å². The molecule has 0 saturated carbocycles. The van der Waals surface area contributed by atoms with Crippen LogP contribution in [-0.4, -0.2) is 31.7 Å². The fraction of sp³-hybridized carbons (Fsp3) is 0.571. The van der Waals surface area contributed by atoms with Crippen LogP contribution < -0.4 is 10.8 Å². The minimum Gasteiger partial charge on any atom is -0.399 e. The molecule has 0 atom stereocenters. The van der Waals surface area contributed by atoms with Crippen LogP contribution in [0.2, 0.25) is 0 Å². The molecule has 3 nitrogen and oxygen atoms in total. The van der Waals surface area contributed by atoms with Crippen molar-refractivity contribution in [1.29, 1.82) is 0 Å². The van der Waals surface area contributed by atoms with E-state index in [1.54, 1.807) is 13.3 Å². The quantitative estimate of drug-likeness (QED) is 0.615. The van der Waals surface area contributed by atoms with Crippen LogP contribution in [0.4, 0.5) is 0 Å². The maximum absolute atomic E-state index is 12.2. The van der Waals surface area contributed by atoms with Crippen molar-refractivity contribution in [3.8, 4) is 0 Å². The summed E-state index contributed by atoms with van der Waals surface area (Å²) in [6.07, 6.45) is 0. The molecule has 0 aromatic heterocycles. The lowest BCUT2D eigenvalue weighted by Crippen LogP contribution is -2.41. The molecule has 1 fully saturated rings. The minimum atomic E-state index is -2.26. The second-order valence-electron chi connectivity index (χ2n) is 6.53.